The number of carbonyl (C=O) groups is 4. The highest BCUT2D eigenvalue weighted by Gasteiger charge is 2.58. The molecule has 0 aromatic heterocycles. The number of hydrogen-bond donors (Lipinski definition) is 8. The number of rotatable bonds is 0. The molecule has 16 heteroatoms. The number of esters is 4. The van der Waals surface area contributed by atoms with Crippen LogP contribution in [-0.4, -0.2) is 120 Å². The molecular formula is C13H16O16. The molecule has 2 fully saturated rings. The van der Waals surface area contributed by atoms with Crippen LogP contribution in [-0.2, 0) is 38.1 Å². The van der Waals surface area contributed by atoms with Crippen LogP contribution >= 0.6 is 0 Å². The van der Waals surface area contributed by atoms with Crippen molar-refractivity contribution in [3.05, 3.63) is 0 Å². The van der Waals surface area contributed by atoms with Gasteiger partial charge >= 0.3 is 30.0 Å². The van der Waals surface area contributed by atoms with Crippen LogP contribution in [0.15, 0.2) is 0 Å². The predicted molar refractivity (Wildman–Crippen MR) is 75.2 cm³/mol. The minimum atomic E-state index is -3.94. The lowest BCUT2D eigenvalue weighted by Gasteiger charge is -2.29. The molecule has 0 amide bonds. The van der Waals surface area contributed by atoms with Crippen molar-refractivity contribution in [1.29, 1.82) is 0 Å². The van der Waals surface area contributed by atoms with Crippen LogP contribution in [0.2, 0.25) is 0 Å². The third-order valence-corrected chi connectivity index (χ3v) is 3.86. The number of hydrogen-bond acceptors (Lipinski definition) is 16. The summed E-state index contributed by atoms with van der Waals surface area (Å²) in [5.41, 5.74) is 0. The van der Waals surface area contributed by atoms with E-state index >= 15 is 0 Å². The first kappa shape index (κ1) is 22.8. The zero-order valence-corrected chi connectivity index (χ0v) is 14.0. The second-order valence-electron chi connectivity index (χ2n) is 5.93. The fourth-order valence-electron chi connectivity index (χ4n) is 2.16. The van der Waals surface area contributed by atoms with Crippen LogP contribution in [0.5, 0.6) is 0 Å². The minimum absolute atomic E-state index is 2.04. The van der Waals surface area contributed by atoms with Crippen molar-refractivity contribution in [3.8, 4) is 0 Å². The number of carbonyl (C=O) groups excluding carboxylic acids is 4. The number of aliphatic hydroxyl groups excluding tert-OH is 8. The van der Waals surface area contributed by atoms with Crippen molar-refractivity contribution < 1.29 is 79.0 Å². The average molecular weight is 428 g/mol. The van der Waals surface area contributed by atoms with Gasteiger partial charge in [-0.1, -0.05) is 0 Å². The van der Waals surface area contributed by atoms with Gasteiger partial charge in [0, 0.05) is 0 Å². The van der Waals surface area contributed by atoms with Crippen LogP contribution in [0.4, 0.5) is 0 Å². The smallest absolute Gasteiger partial charge is 0.387 e. The monoisotopic (exact) mass is 428 g/mol. The standard InChI is InChI=1S/C13H16O16/c14-1-2(15)6(19)10(23)27-13(26-9(22)5(1)18)28-11(24)7(20)3(16)4(17)8(21)12(25)29-13/h1-8,14-21H/t1-,2+,3-,4+,5-,6-,7+,8-,13?/m1/s1. The van der Waals surface area contributed by atoms with Gasteiger partial charge in [-0.15, -0.1) is 0 Å². The highest BCUT2D eigenvalue weighted by molar-refractivity contribution is 5.82. The zero-order valence-electron chi connectivity index (χ0n) is 14.0. The molecule has 2 rings (SSSR count). The predicted octanol–water partition coefficient (Wildman–Crippen LogP) is -7.32. The SMILES string of the molecule is O=C1OC2(OC(=O)[C@H](O)[C@H](O)[C@H](O)[C@@H](O)C(=O)O2)OC(=O)[C@H](O)[C@@H](O)[C@@H](O)[C@@H]1O. The van der Waals surface area contributed by atoms with Crippen LogP contribution in [0.1, 0.15) is 0 Å². The van der Waals surface area contributed by atoms with E-state index in [4.69, 9.17) is 0 Å². The molecule has 164 valence electrons. The van der Waals surface area contributed by atoms with Crippen LogP contribution in [0.3, 0.4) is 0 Å². The van der Waals surface area contributed by atoms with Gasteiger partial charge in [0.2, 0.25) is 0 Å². The van der Waals surface area contributed by atoms with Gasteiger partial charge in [0.1, 0.15) is 24.4 Å². The van der Waals surface area contributed by atoms with Crippen molar-refractivity contribution in [2.45, 2.75) is 55.0 Å². The van der Waals surface area contributed by atoms with E-state index in [1.807, 2.05) is 0 Å². The van der Waals surface area contributed by atoms with Crippen LogP contribution < -0.4 is 0 Å². The summed E-state index contributed by atoms with van der Waals surface area (Å²) in [5, 5.41) is 77.0. The molecule has 0 aromatic rings. The van der Waals surface area contributed by atoms with Gasteiger partial charge in [-0.25, -0.2) is 19.2 Å². The summed E-state index contributed by atoms with van der Waals surface area (Å²) in [7, 11) is 0. The maximum Gasteiger partial charge on any atom is 0.620 e. The van der Waals surface area contributed by atoms with Crippen molar-refractivity contribution in [2.75, 3.05) is 0 Å². The second kappa shape index (κ2) is 8.13. The molecule has 2 aliphatic rings. The van der Waals surface area contributed by atoms with E-state index in [1.165, 1.54) is 0 Å². The minimum Gasteiger partial charge on any atom is -0.387 e. The van der Waals surface area contributed by atoms with Gasteiger partial charge in [0.15, 0.2) is 24.4 Å². The van der Waals surface area contributed by atoms with Gasteiger partial charge in [0.05, 0.1) is 0 Å². The summed E-state index contributed by atoms with van der Waals surface area (Å²) in [6.07, 6.45) is -25.0. The summed E-state index contributed by atoms with van der Waals surface area (Å²) in [4.78, 5) is 47.7. The molecule has 2 heterocycles. The average Bonchev–Trinajstić information content (AvgIpc) is 2.70. The highest BCUT2D eigenvalue weighted by Crippen LogP contribution is 2.27. The Balaban J connectivity index is 2.55. The maximum atomic E-state index is 11.9. The Kier molecular flexibility index (Phi) is 6.40. The Hall–Kier alpha value is -2.44. The topological polar surface area (TPSA) is 267 Å². The summed E-state index contributed by atoms with van der Waals surface area (Å²) in [6.45, 7) is 0. The van der Waals surface area contributed by atoms with Gasteiger partial charge in [-0.3, -0.25) is 0 Å². The highest BCUT2D eigenvalue weighted by atomic mass is 17.0. The Bertz CT molecular complexity index is 573. The quantitative estimate of drug-likeness (QED) is 0.166. The van der Waals surface area contributed by atoms with Gasteiger partial charge < -0.3 is 59.8 Å². The molecule has 1 unspecified atom stereocenters. The largest absolute Gasteiger partial charge is 0.620 e. The molecule has 2 saturated heterocycles. The third kappa shape index (κ3) is 4.28. The maximum absolute atomic E-state index is 11.9. The Labute approximate surface area is 159 Å². The van der Waals surface area contributed by atoms with E-state index < -0.39 is 78.9 Å². The lowest BCUT2D eigenvalue weighted by atomic mass is 10.0. The molecule has 0 aliphatic carbocycles. The molecule has 0 bridgehead atoms. The first-order valence-electron chi connectivity index (χ1n) is 7.67. The summed E-state index contributed by atoms with van der Waals surface area (Å²) < 4.78 is 17.1. The van der Waals surface area contributed by atoms with Gasteiger partial charge in [0.25, 0.3) is 0 Å². The summed E-state index contributed by atoms with van der Waals surface area (Å²) in [6, 6.07) is 0. The molecular weight excluding hydrogens is 412 g/mol. The van der Waals surface area contributed by atoms with Gasteiger partial charge in [-0.2, -0.15) is 0 Å². The first-order valence-corrected chi connectivity index (χ1v) is 7.67. The van der Waals surface area contributed by atoms with Crippen molar-refractivity contribution >= 4 is 23.9 Å². The lowest BCUT2D eigenvalue weighted by molar-refractivity contribution is -0.436. The summed E-state index contributed by atoms with van der Waals surface area (Å²) in [5.74, 6) is -8.15. The molecule has 8 N–H and O–H groups in total. The molecule has 0 radical (unpaired) electrons. The zero-order chi connectivity index (χ0) is 22.3. The molecule has 1 spiro atoms. The van der Waals surface area contributed by atoms with Crippen molar-refractivity contribution in [3.63, 3.8) is 0 Å². The van der Waals surface area contributed by atoms with Crippen LogP contribution in [0.25, 0.3) is 0 Å². The fraction of sp³-hybridized carbons (Fsp3) is 0.692. The number of aliphatic hydroxyl groups is 8. The Morgan fingerprint density at radius 2 is 0.621 bits per heavy atom. The van der Waals surface area contributed by atoms with E-state index in [1.54, 1.807) is 0 Å². The second-order valence-corrected chi connectivity index (χ2v) is 5.93. The van der Waals surface area contributed by atoms with E-state index in [-0.39, 0.29) is 0 Å². The molecule has 16 nitrogen and oxygen atoms in total. The van der Waals surface area contributed by atoms with E-state index in [0.717, 1.165) is 0 Å². The Morgan fingerprint density at radius 3 is 0.793 bits per heavy atom. The van der Waals surface area contributed by atoms with E-state index in [9.17, 15) is 60.0 Å². The normalized spacial score (nSPS) is 44.7. The molecule has 0 aromatic carbocycles. The fourth-order valence-corrected chi connectivity index (χ4v) is 2.16. The third-order valence-electron chi connectivity index (χ3n) is 3.86. The first-order chi connectivity index (χ1) is 13.3. The van der Waals surface area contributed by atoms with Crippen LogP contribution in [0, 0.1) is 0 Å². The molecule has 2 aliphatic heterocycles. The Morgan fingerprint density at radius 1 is 0.448 bits per heavy atom. The summed E-state index contributed by atoms with van der Waals surface area (Å²) >= 11 is 0. The number of ether oxygens (including phenoxy) is 4. The van der Waals surface area contributed by atoms with E-state index in [0.29, 0.717) is 0 Å². The molecule has 0 saturated carbocycles. The lowest BCUT2D eigenvalue weighted by Crippen LogP contribution is -2.52. The van der Waals surface area contributed by atoms with Gasteiger partial charge in [-0.05, 0) is 0 Å². The molecule has 29 heavy (non-hydrogen) atoms. The van der Waals surface area contributed by atoms with Crippen molar-refractivity contribution in [1.82, 2.24) is 0 Å². The molecule has 9 atom stereocenters. The van der Waals surface area contributed by atoms with E-state index in [2.05, 4.69) is 18.9 Å². The van der Waals surface area contributed by atoms with Crippen molar-refractivity contribution in [2.24, 2.45) is 0 Å².